The molecule has 1 aromatic rings. The van der Waals surface area contributed by atoms with Gasteiger partial charge >= 0.3 is 0 Å². The molecule has 1 aromatic heterocycles. The standard InChI is InChI=1S/C16H19N3O3/c20-15-2-1-7-19(15)10-3-6-14(17-9-10)18-16(21)12-8-11-4-5-13(12)22-11/h3,6,9,11-13H,1-2,4-5,7-8H2,(H,17,18,21)/t11-,12-,13+/m1/s1. The zero-order valence-electron chi connectivity index (χ0n) is 12.3. The first-order valence-corrected chi connectivity index (χ1v) is 7.93. The number of hydrogen-bond acceptors (Lipinski definition) is 4. The van der Waals surface area contributed by atoms with E-state index < -0.39 is 0 Å². The third-order valence-corrected chi connectivity index (χ3v) is 4.83. The minimum atomic E-state index is -0.0552. The molecule has 3 atom stereocenters. The molecule has 2 amide bonds. The van der Waals surface area contributed by atoms with E-state index in [4.69, 9.17) is 4.74 Å². The van der Waals surface area contributed by atoms with Crippen LogP contribution in [0.3, 0.4) is 0 Å². The fourth-order valence-corrected chi connectivity index (χ4v) is 3.67. The van der Waals surface area contributed by atoms with Crippen LogP contribution in [0.4, 0.5) is 11.5 Å². The molecule has 4 rings (SSSR count). The van der Waals surface area contributed by atoms with Crippen molar-refractivity contribution in [3.63, 3.8) is 0 Å². The lowest BCUT2D eigenvalue weighted by Gasteiger charge is -2.18. The van der Waals surface area contributed by atoms with E-state index in [9.17, 15) is 9.59 Å². The maximum Gasteiger partial charge on any atom is 0.231 e. The minimum Gasteiger partial charge on any atom is -0.374 e. The molecule has 0 aromatic carbocycles. The van der Waals surface area contributed by atoms with Crippen LogP contribution >= 0.6 is 0 Å². The molecule has 0 unspecified atom stereocenters. The van der Waals surface area contributed by atoms with Crippen LogP contribution < -0.4 is 10.2 Å². The first kappa shape index (κ1) is 13.7. The van der Waals surface area contributed by atoms with Crippen molar-refractivity contribution in [1.82, 2.24) is 4.98 Å². The van der Waals surface area contributed by atoms with Crippen LogP contribution in [-0.2, 0) is 14.3 Å². The maximum atomic E-state index is 12.3. The highest BCUT2D eigenvalue weighted by molar-refractivity contribution is 5.96. The van der Waals surface area contributed by atoms with Crippen molar-refractivity contribution in [2.75, 3.05) is 16.8 Å². The number of aromatic nitrogens is 1. The predicted octanol–water partition coefficient (Wildman–Crippen LogP) is 1.71. The summed E-state index contributed by atoms with van der Waals surface area (Å²) in [5.74, 6) is 0.603. The zero-order chi connectivity index (χ0) is 15.1. The normalized spacial score (nSPS) is 30.1. The molecule has 22 heavy (non-hydrogen) atoms. The van der Waals surface area contributed by atoms with E-state index in [2.05, 4.69) is 10.3 Å². The Morgan fingerprint density at radius 3 is 2.86 bits per heavy atom. The van der Waals surface area contributed by atoms with Crippen molar-refractivity contribution < 1.29 is 14.3 Å². The van der Waals surface area contributed by atoms with Gasteiger partial charge in [0.05, 0.1) is 30.0 Å². The molecule has 0 saturated carbocycles. The molecular weight excluding hydrogens is 282 g/mol. The van der Waals surface area contributed by atoms with E-state index in [0.717, 1.165) is 37.9 Å². The quantitative estimate of drug-likeness (QED) is 0.922. The summed E-state index contributed by atoms with van der Waals surface area (Å²) >= 11 is 0. The maximum absolute atomic E-state index is 12.3. The number of carbonyl (C=O) groups excluding carboxylic acids is 2. The average Bonchev–Trinajstić information content (AvgIpc) is 3.24. The van der Waals surface area contributed by atoms with Gasteiger partial charge < -0.3 is 15.0 Å². The number of fused-ring (bicyclic) bond motifs is 2. The smallest absolute Gasteiger partial charge is 0.231 e. The summed E-state index contributed by atoms with van der Waals surface area (Å²) in [6.07, 6.45) is 6.35. The largest absolute Gasteiger partial charge is 0.374 e. The SMILES string of the molecule is O=C(Nc1ccc(N2CCCC2=O)cn1)[C@@H]1C[C@H]2CC[C@@H]1O2. The summed E-state index contributed by atoms with van der Waals surface area (Å²) in [7, 11) is 0. The third-order valence-electron chi connectivity index (χ3n) is 4.83. The van der Waals surface area contributed by atoms with Gasteiger partial charge in [-0.25, -0.2) is 4.98 Å². The lowest BCUT2D eigenvalue weighted by atomic mass is 9.88. The van der Waals surface area contributed by atoms with Crippen LogP contribution in [0.2, 0.25) is 0 Å². The lowest BCUT2D eigenvalue weighted by molar-refractivity contribution is -0.121. The fraction of sp³-hybridized carbons (Fsp3) is 0.562. The van der Waals surface area contributed by atoms with Crippen molar-refractivity contribution in [3.8, 4) is 0 Å². The number of nitrogens with one attached hydrogen (secondary N) is 1. The Hall–Kier alpha value is -1.95. The van der Waals surface area contributed by atoms with Crippen LogP contribution in [0.5, 0.6) is 0 Å². The summed E-state index contributed by atoms with van der Waals surface area (Å²) in [5, 5.41) is 2.86. The van der Waals surface area contributed by atoms with Gasteiger partial charge in [-0.05, 0) is 37.8 Å². The second kappa shape index (κ2) is 5.35. The molecule has 3 aliphatic heterocycles. The highest BCUT2D eigenvalue weighted by atomic mass is 16.5. The van der Waals surface area contributed by atoms with Gasteiger partial charge in [-0.3, -0.25) is 9.59 Å². The minimum absolute atomic E-state index is 0.00954. The second-order valence-corrected chi connectivity index (χ2v) is 6.26. The van der Waals surface area contributed by atoms with Crippen LogP contribution in [-0.4, -0.2) is 35.6 Å². The summed E-state index contributed by atoms with van der Waals surface area (Å²) in [6.45, 7) is 0.745. The van der Waals surface area contributed by atoms with Crippen molar-refractivity contribution in [2.45, 2.75) is 44.3 Å². The molecule has 6 nitrogen and oxygen atoms in total. The molecular formula is C16H19N3O3. The second-order valence-electron chi connectivity index (χ2n) is 6.26. The predicted molar refractivity (Wildman–Crippen MR) is 80.5 cm³/mol. The number of nitrogens with zero attached hydrogens (tertiary/aromatic N) is 2. The summed E-state index contributed by atoms with van der Waals surface area (Å²) in [4.78, 5) is 30.0. The summed E-state index contributed by atoms with van der Waals surface area (Å²) in [6, 6.07) is 3.59. The first-order valence-electron chi connectivity index (χ1n) is 7.93. The van der Waals surface area contributed by atoms with Crippen LogP contribution in [0.15, 0.2) is 18.3 Å². The van der Waals surface area contributed by atoms with E-state index in [1.54, 1.807) is 17.2 Å². The van der Waals surface area contributed by atoms with E-state index in [0.29, 0.717) is 12.2 Å². The molecule has 3 aliphatic rings. The molecule has 6 heteroatoms. The van der Waals surface area contributed by atoms with Gasteiger partial charge in [0, 0.05) is 13.0 Å². The number of pyridine rings is 1. The van der Waals surface area contributed by atoms with Crippen molar-refractivity contribution in [2.24, 2.45) is 5.92 Å². The van der Waals surface area contributed by atoms with Crippen LogP contribution in [0.1, 0.15) is 32.1 Å². The van der Waals surface area contributed by atoms with Crippen molar-refractivity contribution in [3.05, 3.63) is 18.3 Å². The molecule has 0 aliphatic carbocycles. The molecule has 116 valence electrons. The topological polar surface area (TPSA) is 71.5 Å². The Labute approximate surface area is 128 Å². The Morgan fingerprint density at radius 2 is 2.27 bits per heavy atom. The number of rotatable bonds is 3. The van der Waals surface area contributed by atoms with Gasteiger partial charge in [-0.15, -0.1) is 0 Å². The van der Waals surface area contributed by atoms with Gasteiger partial charge in [0.2, 0.25) is 11.8 Å². The highest BCUT2D eigenvalue weighted by Gasteiger charge is 2.44. The van der Waals surface area contributed by atoms with E-state index in [1.807, 2.05) is 6.07 Å². The Bertz CT molecular complexity index is 601. The number of ether oxygens (including phenoxy) is 1. The van der Waals surface area contributed by atoms with Crippen LogP contribution in [0, 0.1) is 5.92 Å². The zero-order valence-corrected chi connectivity index (χ0v) is 12.3. The Morgan fingerprint density at radius 1 is 1.36 bits per heavy atom. The molecule has 3 fully saturated rings. The number of anilines is 2. The molecule has 1 N–H and O–H groups in total. The van der Waals surface area contributed by atoms with Crippen molar-refractivity contribution >= 4 is 23.3 Å². The monoisotopic (exact) mass is 301 g/mol. The number of amides is 2. The lowest BCUT2D eigenvalue weighted by Crippen LogP contribution is -2.30. The van der Waals surface area contributed by atoms with Gasteiger partial charge in [-0.2, -0.15) is 0 Å². The van der Waals surface area contributed by atoms with Gasteiger partial charge in [0.25, 0.3) is 0 Å². The molecule has 0 radical (unpaired) electrons. The molecule has 4 heterocycles. The third kappa shape index (κ3) is 2.37. The average molecular weight is 301 g/mol. The van der Waals surface area contributed by atoms with E-state index >= 15 is 0 Å². The number of carbonyl (C=O) groups is 2. The summed E-state index contributed by atoms with van der Waals surface area (Å²) in [5.41, 5.74) is 0.795. The van der Waals surface area contributed by atoms with Gasteiger partial charge in [-0.1, -0.05) is 0 Å². The first-order chi connectivity index (χ1) is 10.7. The molecule has 2 bridgehead atoms. The van der Waals surface area contributed by atoms with E-state index in [-0.39, 0.29) is 29.9 Å². The summed E-state index contributed by atoms with van der Waals surface area (Å²) < 4.78 is 5.72. The molecule has 0 spiro atoms. The van der Waals surface area contributed by atoms with Crippen molar-refractivity contribution in [1.29, 1.82) is 0 Å². The fourth-order valence-electron chi connectivity index (χ4n) is 3.67. The van der Waals surface area contributed by atoms with Gasteiger partial charge in [0.1, 0.15) is 5.82 Å². The molecule has 3 saturated heterocycles. The Balaban J connectivity index is 1.41. The highest BCUT2D eigenvalue weighted by Crippen LogP contribution is 2.39. The Kier molecular flexibility index (Phi) is 3.33. The van der Waals surface area contributed by atoms with Crippen LogP contribution in [0.25, 0.3) is 0 Å². The van der Waals surface area contributed by atoms with Gasteiger partial charge in [0.15, 0.2) is 0 Å². The van der Waals surface area contributed by atoms with E-state index in [1.165, 1.54) is 0 Å². The number of hydrogen-bond donors (Lipinski definition) is 1.